The van der Waals surface area contributed by atoms with Crippen molar-refractivity contribution in [2.24, 2.45) is 5.92 Å². The Labute approximate surface area is 115 Å². The fraction of sp³-hybridized carbons (Fsp3) is 0.923. The van der Waals surface area contributed by atoms with Gasteiger partial charge >= 0.3 is 0 Å². The Bertz CT molecular complexity index is 245. The summed E-state index contributed by atoms with van der Waals surface area (Å²) in [6.45, 7) is 8.78. The molecule has 1 rings (SSSR count). The minimum Gasteiger partial charge on any atom is -0.378 e. The highest BCUT2D eigenvalue weighted by Gasteiger charge is 2.30. The van der Waals surface area contributed by atoms with E-state index in [9.17, 15) is 4.79 Å². The van der Waals surface area contributed by atoms with E-state index < -0.39 is 0 Å². The molecule has 0 radical (unpaired) electrons. The normalized spacial score (nSPS) is 16.3. The van der Waals surface area contributed by atoms with Gasteiger partial charge in [-0.05, 0) is 13.6 Å². The zero-order valence-electron chi connectivity index (χ0n) is 12.1. The highest BCUT2D eigenvalue weighted by atomic mass is 16.5. The van der Waals surface area contributed by atoms with Crippen molar-refractivity contribution in [1.82, 2.24) is 15.5 Å². The highest BCUT2D eigenvalue weighted by Crippen LogP contribution is 2.14. The van der Waals surface area contributed by atoms with Crippen LogP contribution in [0.15, 0.2) is 0 Å². The van der Waals surface area contributed by atoms with Gasteiger partial charge in [0.15, 0.2) is 0 Å². The second-order valence-electron chi connectivity index (χ2n) is 4.67. The van der Waals surface area contributed by atoms with Crippen LogP contribution in [0, 0.1) is 5.92 Å². The number of hydrogen-bond acceptors (Lipinski definition) is 5. The maximum Gasteiger partial charge on any atom is 0.225 e. The van der Waals surface area contributed by atoms with E-state index in [0.29, 0.717) is 33.0 Å². The van der Waals surface area contributed by atoms with Crippen LogP contribution in [-0.2, 0) is 14.3 Å². The molecule has 1 amide bonds. The number of carbonyl (C=O) groups is 1. The van der Waals surface area contributed by atoms with Gasteiger partial charge in [0.1, 0.15) is 0 Å². The second-order valence-corrected chi connectivity index (χ2v) is 4.67. The predicted octanol–water partition coefficient (Wildman–Crippen LogP) is -0.693. The van der Waals surface area contributed by atoms with Crippen LogP contribution in [-0.4, -0.2) is 77.0 Å². The average Bonchev–Trinajstić information content (AvgIpc) is 2.35. The molecule has 1 aliphatic rings. The topological polar surface area (TPSA) is 62.8 Å². The zero-order chi connectivity index (χ0) is 13.9. The summed E-state index contributed by atoms with van der Waals surface area (Å²) in [7, 11) is 1.89. The van der Waals surface area contributed by atoms with Crippen molar-refractivity contribution >= 4 is 5.91 Å². The molecule has 0 atom stereocenters. The first-order valence-corrected chi connectivity index (χ1v) is 7.08. The van der Waals surface area contributed by atoms with E-state index in [4.69, 9.17) is 9.47 Å². The number of nitrogens with one attached hydrogen (secondary N) is 2. The minimum absolute atomic E-state index is 0.151. The zero-order valence-corrected chi connectivity index (χ0v) is 12.1. The van der Waals surface area contributed by atoms with Gasteiger partial charge in [-0.2, -0.15) is 0 Å². The van der Waals surface area contributed by atoms with Crippen molar-refractivity contribution in [2.45, 2.75) is 6.92 Å². The lowest BCUT2D eigenvalue weighted by Crippen LogP contribution is -2.53. The maximum atomic E-state index is 11.7. The molecule has 19 heavy (non-hydrogen) atoms. The summed E-state index contributed by atoms with van der Waals surface area (Å²) in [4.78, 5) is 13.9. The van der Waals surface area contributed by atoms with E-state index in [-0.39, 0.29) is 11.8 Å². The first-order valence-electron chi connectivity index (χ1n) is 7.08. The highest BCUT2D eigenvalue weighted by molar-refractivity contribution is 5.79. The number of hydrogen-bond donors (Lipinski definition) is 2. The van der Waals surface area contributed by atoms with Crippen molar-refractivity contribution in [1.29, 1.82) is 0 Å². The molecule has 1 fully saturated rings. The predicted molar refractivity (Wildman–Crippen MR) is 74.2 cm³/mol. The van der Waals surface area contributed by atoms with Crippen LogP contribution in [0.4, 0.5) is 0 Å². The molecule has 0 aromatic heterocycles. The second kappa shape index (κ2) is 10.1. The van der Waals surface area contributed by atoms with E-state index >= 15 is 0 Å². The number of ether oxygens (including phenoxy) is 2. The maximum absolute atomic E-state index is 11.7. The molecule has 6 nitrogen and oxygen atoms in total. The third kappa shape index (κ3) is 6.87. The lowest BCUT2D eigenvalue weighted by molar-refractivity contribution is -0.130. The summed E-state index contributed by atoms with van der Waals surface area (Å²) >= 11 is 0. The largest absolute Gasteiger partial charge is 0.378 e. The molecule has 6 heteroatoms. The Balaban J connectivity index is 1.82. The molecule has 1 heterocycles. The van der Waals surface area contributed by atoms with E-state index in [1.165, 1.54) is 0 Å². The number of likely N-dealkylation sites (N-methyl/N-ethyl adjacent to an activating group) is 1. The summed E-state index contributed by atoms with van der Waals surface area (Å²) in [5.74, 6) is 0.323. The van der Waals surface area contributed by atoms with E-state index in [2.05, 4.69) is 22.5 Å². The van der Waals surface area contributed by atoms with Gasteiger partial charge in [-0.1, -0.05) is 6.92 Å². The van der Waals surface area contributed by atoms with Gasteiger partial charge in [-0.3, -0.25) is 4.79 Å². The first-order chi connectivity index (χ1) is 9.27. The lowest BCUT2D eigenvalue weighted by Gasteiger charge is -2.37. The summed E-state index contributed by atoms with van der Waals surface area (Å²) in [5, 5.41) is 5.90. The molecule has 0 aromatic rings. The number of nitrogens with zero attached hydrogens (tertiary/aromatic N) is 1. The molecule has 0 aromatic carbocycles. The van der Waals surface area contributed by atoms with Gasteiger partial charge in [-0.15, -0.1) is 0 Å². The Hall–Kier alpha value is -0.690. The molecule has 0 aliphatic carbocycles. The van der Waals surface area contributed by atoms with Crippen LogP contribution in [0.3, 0.4) is 0 Å². The third-order valence-corrected chi connectivity index (χ3v) is 3.19. The summed E-state index contributed by atoms with van der Waals surface area (Å²) in [6.07, 6.45) is 0. The SMILES string of the molecule is CCN1CC(C(=O)NCCOCCOCCNC)C1. The molecular formula is C13H27N3O3. The smallest absolute Gasteiger partial charge is 0.225 e. The van der Waals surface area contributed by atoms with Crippen LogP contribution in [0.1, 0.15) is 6.92 Å². The lowest BCUT2D eigenvalue weighted by atomic mass is 9.99. The molecule has 0 unspecified atom stereocenters. The Morgan fingerprint density at radius 2 is 1.79 bits per heavy atom. The van der Waals surface area contributed by atoms with Crippen LogP contribution in [0.25, 0.3) is 0 Å². The van der Waals surface area contributed by atoms with Crippen molar-refractivity contribution < 1.29 is 14.3 Å². The molecule has 112 valence electrons. The van der Waals surface area contributed by atoms with Crippen molar-refractivity contribution in [3.63, 3.8) is 0 Å². The fourth-order valence-electron chi connectivity index (χ4n) is 1.88. The van der Waals surface area contributed by atoms with E-state index in [1.807, 2.05) is 7.05 Å². The van der Waals surface area contributed by atoms with E-state index in [0.717, 1.165) is 26.2 Å². The molecule has 1 aliphatic heterocycles. The Kier molecular flexibility index (Phi) is 8.73. The molecule has 0 bridgehead atoms. The van der Waals surface area contributed by atoms with Gasteiger partial charge in [0, 0.05) is 26.2 Å². The van der Waals surface area contributed by atoms with Crippen molar-refractivity contribution in [2.75, 3.05) is 66.2 Å². The van der Waals surface area contributed by atoms with Gasteiger partial charge in [0.25, 0.3) is 0 Å². The van der Waals surface area contributed by atoms with Crippen LogP contribution < -0.4 is 10.6 Å². The van der Waals surface area contributed by atoms with Crippen molar-refractivity contribution in [3.05, 3.63) is 0 Å². The van der Waals surface area contributed by atoms with Gasteiger partial charge in [0.05, 0.1) is 32.3 Å². The number of rotatable bonds is 11. The first kappa shape index (κ1) is 16.4. The van der Waals surface area contributed by atoms with Gasteiger partial charge in [0.2, 0.25) is 5.91 Å². The third-order valence-electron chi connectivity index (χ3n) is 3.19. The molecular weight excluding hydrogens is 246 g/mol. The average molecular weight is 273 g/mol. The van der Waals surface area contributed by atoms with Crippen molar-refractivity contribution in [3.8, 4) is 0 Å². The summed E-state index contributed by atoms with van der Waals surface area (Å²) in [5.41, 5.74) is 0. The Morgan fingerprint density at radius 1 is 1.16 bits per heavy atom. The van der Waals surface area contributed by atoms with Crippen LogP contribution in [0.2, 0.25) is 0 Å². The molecule has 2 N–H and O–H groups in total. The minimum atomic E-state index is 0.151. The number of amides is 1. The molecule has 0 spiro atoms. The van der Waals surface area contributed by atoms with Gasteiger partial charge in [-0.25, -0.2) is 0 Å². The van der Waals surface area contributed by atoms with Crippen LogP contribution in [0.5, 0.6) is 0 Å². The summed E-state index contributed by atoms with van der Waals surface area (Å²) in [6, 6.07) is 0. The number of likely N-dealkylation sites (tertiary alicyclic amines) is 1. The number of carbonyl (C=O) groups excluding carboxylic acids is 1. The molecule has 0 saturated carbocycles. The standard InChI is InChI=1S/C13H27N3O3/c1-3-16-10-12(11-16)13(17)15-5-7-19-9-8-18-6-4-14-2/h12,14H,3-11H2,1-2H3,(H,15,17). The van der Waals surface area contributed by atoms with Gasteiger partial charge < -0.3 is 25.0 Å². The van der Waals surface area contributed by atoms with Crippen LogP contribution >= 0.6 is 0 Å². The quantitative estimate of drug-likeness (QED) is 0.488. The molecule has 1 saturated heterocycles. The summed E-state index contributed by atoms with van der Waals surface area (Å²) < 4.78 is 10.7. The van der Waals surface area contributed by atoms with E-state index in [1.54, 1.807) is 0 Å². The monoisotopic (exact) mass is 273 g/mol. The Morgan fingerprint density at radius 3 is 2.37 bits per heavy atom. The fourth-order valence-corrected chi connectivity index (χ4v) is 1.88.